The fraction of sp³-hybridized carbons (Fsp3) is 0.500. The van der Waals surface area contributed by atoms with E-state index < -0.39 is 0 Å². The van der Waals surface area contributed by atoms with Crippen LogP contribution in [-0.4, -0.2) is 41.0 Å². The zero-order valence-corrected chi connectivity index (χ0v) is 18.2. The molecule has 2 saturated heterocycles. The third kappa shape index (κ3) is 5.01. The minimum absolute atomic E-state index is 0. The van der Waals surface area contributed by atoms with Gasteiger partial charge in [-0.3, -0.25) is 4.79 Å². The molecular weight excluding hydrogens is 421 g/mol. The zero-order chi connectivity index (χ0) is 18.1. The molecule has 3 heterocycles. The molecular formula is C20H26Cl3N3O2. The molecule has 0 spiro atoms. The molecule has 2 aliphatic heterocycles. The monoisotopic (exact) mass is 445 g/mol. The summed E-state index contributed by atoms with van der Waals surface area (Å²) in [4.78, 5) is 18.8. The number of oxazole rings is 1. The second-order valence-corrected chi connectivity index (χ2v) is 7.77. The quantitative estimate of drug-likeness (QED) is 0.734. The minimum Gasteiger partial charge on any atom is -0.441 e. The molecule has 2 aromatic rings. The summed E-state index contributed by atoms with van der Waals surface area (Å²) in [5.41, 5.74) is 0.821. The van der Waals surface area contributed by atoms with Gasteiger partial charge in [0, 0.05) is 43.6 Å². The van der Waals surface area contributed by atoms with Crippen LogP contribution in [-0.2, 0) is 11.2 Å². The highest BCUT2D eigenvalue weighted by Crippen LogP contribution is 2.30. The Morgan fingerprint density at radius 1 is 1.25 bits per heavy atom. The van der Waals surface area contributed by atoms with E-state index >= 15 is 0 Å². The van der Waals surface area contributed by atoms with Gasteiger partial charge in [0.25, 0.3) is 0 Å². The first-order valence-corrected chi connectivity index (χ1v) is 9.69. The van der Waals surface area contributed by atoms with Crippen molar-refractivity contribution in [3.8, 4) is 11.3 Å². The number of halogens is 3. The molecule has 1 N–H and O–H groups in total. The average molecular weight is 447 g/mol. The maximum Gasteiger partial charge on any atom is 0.223 e. The van der Waals surface area contributed by atoms with Crippen LogP contribution in [0.2, 0.25) is 5.02 Å². The Balaban J connectivity index is 0.00000140. The van der Waals surface area contributed by atoms with Crippen molar-refractivity contribution in [3.05, 3.63) is 41.4 Å². The van der Waals surface area contributed by atoms with Gasteiger partial charge in [-0.25, -0.2) is 4.98 Å². The van der Waals surface area contributed by atoms with Gasteiger partial charge in [-0.2, -0.15) is 0 Å². The number of nitrogens with zero attached hydrogens (tertiary/aromatic N) is 2. The minimum atomic E-state index is 0. The Labute approximate surface area is 183 Å². The number of benzene rings is 1. The van der Waals surface area contributed by atoms with Crippen LogP contribution >= 0.6 is 36.4 Å². The van der Waals surface area contributed by atoms with Gasteiger partial charge < -0.3 is 14.6 Å². The molecule has 0 radical (unpaired) electrons. The van der Waals surface area contributed by atoms with Crippen LogP contribution in [0.15, 0.2) is 34.9 Å². The van der Waals surface area contributed by atoms with Crippen molar-refractivity contribution in [3.63, 3.8) is 0 Å². The number of hydrogen-bond acceptors (Lipinski definition) is 4. The van der Waals surface area contributed by atoms with E-state index in [0.717, 1.165) is 18.4 Å². The van der Waals surface area contributed by atoms with E-state index in [1.807, 2.05) is 36.2 Å². The third-order valence-electron chi connectivity index (χ3n) is 5.63. The first-order valence-electron chi connectivity index (χ1n) is 9.31. The molecule has 154 valence electrons. The topological polar surface area (TPSA) is 58.4 Å². The number of carbonyl (C=O) groups excluding carboxylic acids is 1. The van der Waals surface area contributed by atoms with Crippen LogP contribution in [0, 0.1) is 0 Å². The lowest BCUT2D eigenvalue weighted by Crippen LogP contribution is -2.48. The van der Waals surface area contributed by atoms with Gasteiger partial charge in [0.05, 0.1) is 11.2 Å². The number of aromatic nitrogens is 1. The number of amides is 1. The summed E-state index contributed by atoms with van der Waals surface area (Å²) in [6.07, 6.45) is 7.20. The molecule has 5 nitrogen and oxygen atoms in total. The molecule has 2 fully saturated rings. The van der Waals surface area contributed by atoms with Crippen molar-refractivity contribution < 1.29 is 9.21 Å². The molecule has 28 heavy (non-hydrogen) atoms. The highest BCUT2D eigenvalue weighted by atomic mass is 35.5. The first kappa shape index (κ1) is 23.0. The van der Waals surface area contributed by atoms with E-state index in [0.29, 0.717) is 47.6 Å². The molecule has 2 aliphatic rings. The summed E-state index contributed by atoms with van der Waals surface area (Å²) in [5.74, 6) is 1.38. The van der Waals surface area contributed by atoms with Crippen LogP contribution in [0.5, 0.6) is 0 Å². The summed E-state index contributed by atoms with van der Waals surface area (Å²) >= 11 is 6.20. The molecule has 2 bridgehead atoms. The number of piperidine rings is 1. The Morgan fingerprint density at radius 3 is 2.61 bits per heavy atom. The molecule has 0 saturated carbocycles. The maximum atomic E-state index is 12.6. The largest absolute Gasteiger partial charge is 0.441 e. The molecule has 1 aromatic carbocycles. The Hall–Kier alpha value is -1.27. The van der Waals surface area contributed by atoms with E-state index in [2.05, 4.69) is 10.3 Å². The van der Waals surface area contributed by atoms with Gasteiger partial charge in [0.15, 0.2) is 11.7 Å². The molecule has 0 aliphatic carbocycles. The highest BCUT2D eigenvalue weighted by Gasteiger charge is 2.36. The lowest BCUT2D eigenvalue weighted by atomic mass is 9.98. The van der Waals surface area contributed by atoms with Crippen molar-refractivity contribution in [1.29, 1.82) is 0 Å². The molecule has 1 aromatic heterocycles. The molecule has 8 heteroatoms. The fourth-order valence-corrected chi connectivity index (χ4v) is 4.38. The molecule has 1 amide bonds. The van der Waals surface area contributed by atoms with E-state index in [4.69, 9.17) is 16.0 Å². The van der Waals surface area contributed by atoms with Crippen LogP contribution in [0.1, 0.15) is 38.0 Å². The third-order valence-corrected chi connectivity index (χ3v) is 5.96. The number of nitrogens with one attached hydrogen (secondary N) is 1. The lowest BCUT2D eigenvalue weighted by Gasteiger charge is -2.35. The number of aryl methyl sites for hydroxylation is 1. The van der Waals surface area contributed by atoms with Crippen molar-refractivity contribution in [1.82, 2.24) is 15.2 Å². The van der Waals surface area contributed by atoms with Crippen LogP contribution < -0.4 is 5.32 Å². The lowest BCUT2D eigenvalue weighted by molar-refractivity contribution is -0.132. The predicted molar refractivity (Wildman–Crippen MR) is 116 cm³/mol. The molecule has 2 unspecified atom stereocenters. The Bertz CT molecular complexity index is 787. The number of hydrogen-bond donors (Lipinski definition) is 1. The highest BCUT2D eigenvalue weighted by molar-refractivity contribution is 6.33. The van der Waals surface area contributed by atoms with E-state index in [-0.39, 0.29) is 30.7 Å². The zero-order valence-electron chi connectivity index (χ0n) is 15.8. The number of carbonyl (C=O) groups is 1. The fourth-order valence-electron chi connectivity index (χ4n) is 4.15. The van der Waals surface area contributed by atoms with Crippen LogP contribution in [0.3, 0.4) is 0 Å². The second-order valence-electron chi connectivity index (χ2n) is 7.37. The summed E-state index contributed by atoms with van der Waals surface area (Å²) in [6.45, 7) is 0. The van der Waals surface area contributed by atoms with E-state index in [9.17, 15) is 4.79 Å². The van der Waals surface area contributed by atoms with Gasteiger partial charge in [-0.05, 0) is 37.8 Å². The Morgan fingerprint density at radius 2 is 1.93 bits per heavy atom. The summed E-state index contributed by atoms with van der Waals surface area (Å²) in [7, 11) is 1.93. The van der Waals surface area contributed by atoms with Gasteiger partial charge in [0.1, 0.15) is 0 Å². The van der Waals surface area contributed by atoms with Crippen LogP contribution in [0.25, 0.3) is 11.3 Å². The smallest absolute Gasteiger partial charge is 0.223 e. The average Bonchev–Trinajstić information content (AvgIpc) is 3.25. The molecule has 2 atom stereocenters. The van der Waals surface area contributed by atoms with Crippen molar-refractivity contribution in [2.45, 2.75) is 56.7 Å². The summed E-state index contributed by atoms with van der Waals surface area (Å²) < 4.78 is 5.79. The van der Waals surface area contributed by atoms with Gasteiger partial charge in [0.2, 0.25) is 5.91 Å². The number of rotatable bonds is 5. The van der Waals surface area contributed by atoms with E-state index in [1.54, 1.807) is 6.20 Å². The van der Waals surface area contributed by atoms with Crippen molar-refractivity contribution in [2.24, 2.45) is 0 Å². The predicted octanol–water partition coefficient (Wildman–Crippen LogP) is 4.51. The standard InChI is InChI=1S/C20H24ClN3O2.2ClH/c1-24(15-10-13-6-7-14(11-15)23-13)20(25)9-8-19-22-12-18(26-19)16-4-2-3-5-17(16)21;;/h2-5,12-15,23H,6-11H2,1H3;2*1H. The Kier molecular flexibility index (Phi) is 8.19. The first-order chi connectivity index (χ1) is 12.6. The molecule has 4 rings (SSSR count). The maximum absolute atomic E-state index is 12.6. The second kappa shape index (κ2) is 9.97. The van der Waals surface area contributed by atoms with Crippen molar-refractivity contribution >= 4 is 42.3 Å². The van der Waals surface area contributed by atoms with E-state index in [1.165, 1.54) is 12.8 Å². The normalized spacial score (nSPS) is 22.9. The van der Waals surface area contributed by atoms with Crippen LogP contribution in [0.4, 0.5) is 0 Å². The SMILES string of the molecule is CN(C(=O)CCc1ncc(-c2ccccc2Cl)o1)C1CC2CCC(C1)N2.Cl.Cl. The van der Waals surface area contributed by atoms with Crippen molar-refractivity contribution in [2.75, 3.05) is 7.05 Å². The van der Waals surface area contributed by atoms with Gasteiger partial charge >= 0.3 is 0 Å². The van der Waals surface area contributed by atoms with Gasteiger partial charge in [-0.15, -0.1) is 24.8 Å². The van der Waals surface area contributed by atoms with Gasteiger partial charge in [-0.1, -0.05) is 23.7 Å². The summed E-state index contributed by atoms with van der Waals surface area (Å²) in [6, 6.07) is 9.03. The summed E-state index contributed by atoms with van der Waals surface area (Å²) in [5, 5.41) is 4.25. The number of fused-ring (bicyclic) bond motifs is 2.